The average molecular weight is 461 g/mol. The van der Waals surface area contributed by atoms with Crippen LogP contribution in [0, 0.1) is 21.4 Å². The number of hydrogen-bond acceptors (Lipinski definition) is 6. The number of piperazine rings is 1. The molecule has 2 aliphatic heterocycles. The van der Waals surface area contributed by atoms with E-state index in [1.807, 2.05) is 27.3 Å². The minimum Gasteiger partial charge on any atom is -0.365 e. The van der Waals surface area contributed by atoms with Gasteiger partial charge in [0.2, 0.25) is 0 Å². The predicted molar refractivity (Wildman–Crippen MR) is 123 cm³/mol. The van der Waals surface area contributed by atoms with Crippen LogP contribution in [-0.2, 0) is 4.79 Å². The van der Waals surface area contributed by atoms with Crippen LogP contribution in [0.2, 0.25) is 0 Å². The molecule has 2 fully saturated rings. The SMILES string of the molecule is CC(C)(C)CN1C(=O)C([N+](=O)[O-])=C(N2CCN(C(=O)c3cccs3)CC2)C2CCCCC21. The Balaban J connectivity index is 1.61. The van der Waals surface area contributed by atoms with Crippen molar-refractivity contribution in [1.82, 2.24) is 14.7 Å². The highest BCUT2D eigenvalue weighted by atomic mass is 32.1. The van der Waals surface area contributed by atoms with Gasteiger partial charge in [-0.15, -0.1) is 11.3 Å². The second-order valence-electron chi connectivity index (χ2n) is 10.2. The highest BCUT2D eigenvalue weighted by Gasteiger charge is 2.50. The normalized spacial score (nSPS) is 24.6. The van der Waals surface area contributed by atoms with Crippen LogP contribution in [0.3, 0.4) is 0 Å². The lowest BCUT2D eigenvalue weighted by Gasteiger charge is -2.48. The molecule has 2 atom stereocenters. The van der Waals surface area contributed by atoms with Crippen molar-refractivity contribution in [2.45, 2.75) is 52.5 Å². The van der Waals surface area contributed by atoms with E-state index in [-0.39, 0.29) is 29.0 Å². The number of rotatable bonds is 4. The maximum Gasteiger partial charge on any atom is 0.352 e. The molecule has 3 aliphatic rings. The first kappa shape index (κ1) is 22.8. The lowest BCUT2D eigenvalue weighted by molar-refractivity contribution is -0.424. The van der Waals surface area contributed by atoms with Crippen molar-refractivity contribution in [2.75, 3.05) is 32.7 Å². The fourth-order valence-electron chi connectivity index (χ4n) is 5.34. The number of hydrogen-bond donors (Lipinski definition) is 0. The third-order valence-electron chi connectivity index (χ3n) is 6.65. The third kappa shape index (κ3) is 4.40. The second-order valence-corrected chi connectivity index (χ2v) is 11.1. The smallest absolute Gasteiger partial charge is 0.352 e. The summed E-state index contributed by atoms with van der Waals surface area (Å²) in [5.74, 6) is -0.446. The Labute approximate surface area is 193 Å². The molecule has 0 N–H and O–H groups in total. The summed E-state index contributed by atoms with van der Waals surface area (Å²) in [7, 11) is 0. The fourth-order valence-corrected chi connectivity index (χ4v) is 6.03. The zero-order valence-electron chi connectivity index (χ0n) is 19.1. The lowest BCUT2D eigenvalue weighted by Crippen LogP contribution is -2.58. The molecule has 3 heterocycles. The summed E-state index contributed by atoms with van der Waals surface area (Å²) in [6.45, 7) is 8.73. The minimum absolute atomic E-state index is 0.00902. The first-order valence-electron chi connectivity index (χ1n) is 11.4. The molecular weight excluding hydrogens is 428 g/mol. The molecule has 9 heteroatoms. The van der Waals surface area contributed by atoms with Gasteiger partial charge in [-0.3, -0.25) is 19.7 Å². The standard InChI is InChI=1S/C23H32N4O4S/c1-23(2,3)15-26-17-8-5-4-7-16(17)19(20(22(26)29)27(30)31)24-10-12-25(13-11-24)21(28)18-9-6-14-32-18/h6,9,14,16-17H,4-5,7-8,10-13,15H2,1-3H3. The predicted octanol–water partition coefficient (Wildman–Crippen LogP) is 3.44. The Morgan fingerprint density at radius 1 is 1.19 bits per heavy atom. The summed E-state index contributed by atoms with van der Waals surface area (Å²) in [5, 5.41) is 14.0. The molecule has 1 aromatic rings. The number of nitrogens with zero attached hydrogens (tertiary/aromatic N) is 4. The van der Waals surface area contributed by atoms with Crippen molar-refractivity contribution in [2.24, 2.45) is 11.3 Å². The van der Waals surface area contributed by atoms with Gasteiger partial charge in [-0.1, -0.05) is 39.7 Å². The number of fused-ring (bicyclic) bond motifs is 1. The van der Waals surface area contributed by atoms with Crippen LogP contribution in [0.1, 0.15) is 56.1 Å². The second kappa shape index (κ2) is 8.84. The van der Waals surface area contributed by atoms with Crippen molar-refractivity contribution in [3.63, 3.8) is 0 Å². The van der Waals surface area contributed by atoms with Crippen molar-refractivity contribution in [3.8, 4) is 0 Å². The molecule has 1 aliphatic carbocycles. The Hall–Kier alpha value is -2.42. The van der Waals surface area contributed by atoms with Crippen molar-refractivity contribution < 1.29 is 14.5 Å². The van der Waals surface area contributed by atoms with Crippen molar-refractivity contribution in [1.29, 1.82) is 0 Å². The van der Waals surface area contributed by atoms with Gasteiger partial charge in [0, 0.05) is 44.7 Å². The highest BCUT2D eigenvalue weighted by molar-refractivity contribution is 7.12. The van der Waals surface area contributed by atoms with E-state index >= 15 is 0 Å². The molecule has 1 saturated heterocycles. The fraction of sp³-hybridized carbons (Fsp3) is 0.652. The van der Waals surface area contributed by atoms with Gasteiger partial charge in [0.05, 0.1) is 9.80 Å². The molecule has 0 bridgehead atoms. The summed E-state index contributed by atoms with van der Waals surface area (Å²) < 4.78 is 0. The molecule has 2 unspecified atom stereocenters. The average Bonchev–Trinajstić information content (AvgIpc) is 3.29. The highest BCUT2D eigenvalue weighted by Crippen LogP contribution is 2.42. The number of carbonyl (C=O) groups excluding carboxylic acids is 2. The third-order valence-corrected chi connectivity index (χ3v) is 7.51. The van der Waals surface area contributed by atoms with Gasteiger partial charge in [0.25, 0.3) is 5.91 Å². The summed E-state index contributed by atoms with van der Waals surface area (Å²) in [6, 6.07) is 3.70. The Morgan fingerprint density at radius 3 is 2.47 bits per heavy atom. The Morgan fingerprint density at radius 2 is 1.88 bits per heavy atom. The van der Waals surface area contributed by atoms with Gasteiger partial charge >= 0.3 is 11.6 Å². The first-order valence-corrected chi connectivity index (χ1v) is 12.3. The lowest BCUT2D eigenvalue weighted by atomic mass is 9.77. The molecule has 0 aromatic carbocycles. The number of amides is 2. The van der Waals surface area contributed by atoms with Crippen LogP contribution in [0.5, 0.6) is 0 Å². The van der Waals surface area contributed by atoms with Crippen LogP contribution in [0.4, 0.5) is 0 Å². The van der Waals surface area contributed by atoms with E-state index in [1.54, 1.807) is 4.90 Å². The monoisotopic (exact) mass is 460 g/mol. The van der Waals surface area contributed by atoms with Gasteiger partial charge in [-0.25, -0.2) is 0 Å². The van der Waals surface area contributed by atoms with Gasteiger partial charge in [-0.05, 0) is 29.7 Å². The topological polar surface area (TPSA) is 87.0 Å². The van der Waals surface area contributed by atoms with Crippen LogP contribution in [0.15, 0.2) is 28.9 Å². The molecule has 0 radical (unpaired) electrons. The summed E-state index contributed by atoms with van der Waals surface area (Å²) >= 11 is 1.42. The van der Waals surface area contributed by atoms with E-state index in [0.717, 1.165) is 25.7 Å². The van der Waals surface area contributed by atoms with E-state index in [2.05, 4.69) is 20.8 Å². The summed E-state index contributed by atoms with van der Waals surface area (Å²) in [5.41, 5.74) is 0.221. The largest absolute Gasteiger partial charge is 0.365 e. The maximum absolute atomic E-state index is 13.4. The van der Waals surface area contributed by atoms with Crippen LogP contribution in [-0.4, -0.2) is 70.2 Å². The minimum atomic E-state index is -0.471. The van der Waals surface area contributed by atoms with Gasteiger partial charge in [-0.2, -0.15) is 0 Å². The first-order chi connectivity index (χ1) is 15.2. The molecule has 4 rings (SSSR count). The zero-order valence-corrected chi connectivity index (χ0v) is 19.9. The summed E-state index contributed by atoms with van der Waals surface area (Å²) in [6.07, 6.45) is 3.81. The van der Waals surface area contributed by atoms with E-state index in [4.69, 9.17) is 0 Å². The van der Waals surface area contributed by atoms with Crippen molar-refractivity contribution >= 4 is 23.2 Å². The number of carbonyl (C=O) groups is 2. The number of thiophene rings is 1. The zero-order chi connectivity index (χ0) is 23.0. The molecule has 0 spiro atoms. The Bertz CT molecular complexity index is 913. The van der Waals surface area contributed by atoms with E-state index in [0.29, 0.717) is 43.3 Å². The molecule has 2 amide bonds. The van der Waals surface area contributed by atoms with Crippen LogP contribution in [0.25, 0.3) is 0 Å². The number of nitro groups is 1. The van der Waals surface area contributed by atoms with Crippen molar-refractivity contribution in [3.05, 3.63) is 43.9 Å². The molecular formula is C23H32N4O4S. The van der Waals surface area contributed by atoms with Crippen LogP contribution >= 0.6 is 11.3 Å². The molecule has 1 saturated carbocycles. The van der Waals surface area contributed by atoms with E-state index in [9.17, 15) is 19.7 Å². The maximum atomic E-state index is 13.4. The van der Waals surface area contributed by atoms with Gasteiger partial charge in [0.15, 0.2) is 0 Å². The van der Waals surface area contributed by atoms with E-state index < -0.39 is 10.8 Å². The Kier molecular flexibility index (Phi) is 6.29. The van der Waals surface area contributed by atoms with Gasteiger partial charge in [0.1, 0.15) is 5.70 Å². The molecule has 8 nitrogen and oxygen atoms in total. The molecule has 32 heavy (non-hydrogen) atoms. The van der Waals surface area contributed by atoms with E-state index in [1.165, 1.54) is 11.3 Å². The summed E-state index contributed by atoms with van der Waals surface area (Å²) in [4.78, 5) is 44.1. The van der Waals surface area contributed by atoms with Crippen LogP contribution < -0.4 is 0 Å². The molecule has 1 aromatic heterocycles. The molecule has 174 valence electrons. The quantitative estimate of drug-likeness (QED) is 0.507. The van der Waals surface area contributed by atoms with Gasteiger partial charge < -0.3 is 14.7 Å².